The van der Waals surface area contributed by atoms with Crippen LogP contribution in [0, 0.1) is 5.92 Å². The fraction of sp³-hybridized carbons (Fsp3) is 0.278. The summed E-state index contributed by atoms with van der Waals surface area (Å²) in [5.41, 5.74) is 1.82. The number of nitrogens with zero attached hydrogens (tertiary/aromatic N) is 5. The predicted octanol–water partition coefficient (Wildman–Crippen LogP) is 1.86. The van der Waals surface area contributed by atoms with Crippen molar-refractivity contribution in [2.24, 2.45) is 5.92 Å². The Kier molecular flexibility index (Phi) is 3.97. The van der Waals surface area contributed by atoms with E-state index in [0.717, 1.165) is 12.8 Å². The van der Waals surface area contributed by atoms with E-state index >= 15 is 0 Å². The highest BCUT2D eigenvalue weighted by Gasteiger charge is 2.29. The molecule has 7 heteroatoms. The zero-order valence-electron chi connectivity index (χ0n) is 13.6. The van der Waals surface area contributed by atoms with Crippen LogP contribution in [0.5, 0.6) is 0 Å². The van der Waals surface area contributed by atoms with E-state index in [2.05, 4.69) is 15.5 Å². The number of carbonyl (C=O) groups excluding carboxylic acids is 2. The molecule has 0 radical (unpaired) electrons. The number of hydrogen-bond donors (Lipinski definition) is 0. The second kappa shape index (κ2) is 6.43. The molecule has 1 atom stereocenters. The number of amides is 1. The van der Waals surface area contributed by atoms with E-state index in [0.29, 0.717) is 29.9 Å². The summed E-state index contributed by atoms with van der Waals surface area (Å²) in [6.45, 7) is 1.10. The highest BCUT2D eigenvalue weighted by atomic mass is 16.2. The Morgan fingerprint density at radius 1 is 1.04 bits per heavy atom. The Bertz CT molecular complexity index is 921. The van der Waals surface area contributed by atoms with Gasteiger partial charge in [0.2, 0.25) is 0 Å². The first-order valence-corrected chi connectivity index (χ1v) is 8.28. The minimum Gasteiger partial charge on any atom is -0.338 e. The van der Waals surface area contributed by atoms with Gasteiger partial charge in [-0.3, -0.25) is 9.59 Å². The molecule has 25 heavy (non-hydrogen) atoms. The number of pyridine rings is 1. The Morgan fingerprint density at radius 3 is 2.72 bits per heavy atom. The second-order valence-corrected chi connectivity index (χ2v) is 6.22. The van der Waals surface area contributed by atoms with Crippen LogP contribution in [0.15, 0.2) is 48.7 Å². The lowest BCUT2D eigenvalue weighted by molar-refractivity contribution is 0.0636. The van der Waals surface area contributed by atoms with Crippen LogP contribution >= 0.6 is 0 Å². The molecule has 0 bridgehead atoms. The SMILES string of the molecule is O=C(c1ccccc1)C1CCCN(C(=O)c2ccc3nnnn3c2)C1. The number of tetrazole rings is 1. The van der Waals surface area contributed by atoms with E-state index in [1.807, 2.05) is 30.3 Å². The fourth-order valence-electron chi connectivity index (χ4n) is 3.26. The average Bonchev–Trinajstić information content (AvgIpc) is 3.15. The summed E-state index contributed by atoms with van der Waals surface area (Å²) in [5, 5.41) is 11.2. The highest BCUT2D eigenvalue weighted by molar-refractivity contribution is 5.99. The predicted molar refractivity (Wildman–Crippen MR) is 90.2 cm³/mol. The van der Waals surface area contributed by atoms with E-state index in [-0.39, 0.29) is 17.6 Å². The number of rotatable bonds is 3. The number of fused-ring (bicyclic) bond motifs is 1. The molecule has 1 aliphatic heterocycles. The smallest absolute Gasteiger partial charge is 0.255 e. The van der Waals surface area contributed by atoms with Crippen molar-refractivity contribution >= 4 is 17.3 Å². The third kappa shape index (κ3) is 3.00. The Labute approximate surface area is 144 Å². The van der Waals surface area contributed by atoms with Crippen LogP contribution < -0.4 is 0 Å². The van der Waals surface area contributed by atoms with Gasteiger partial charge in [0, 0.05) is 30.8 Å². The van der Waals surface area contributed by atoms with Gasteiger partial charge in [-0.25, -0.2) is 0 Å². The highest BCUT2D eigenvalue weighted by Crippen LogP contribution is 2.22. The minimum absolute atomic E-state index is 0.0945. The number of aromatic nitrogens is 4. The van der Waals surface area contributed by atoms with Crippen molar-refractivity contribution in [2.45, 2.75) is 12.8 Å². The van der Waals surface area contributed by atoms with Gasteiger partial charge >= 0.3 is 0 Å². The van der Waals surface area contributed by atoms with Crippen molar-refractivity contribution in [3.63, 3.8) is 0 Å². The van der Waals surface area contributed by atoms with Crippen molar-refractivity contribution in [2.75, 3.05) is 13.1 Å². The molecule has 1 aliphatic rings. The molecule has 3 heterocycles. The zero-order valence-corrected chi connectivity index (χ0v) is 13.6. The van der Waals surface area contributed by atoms with Gasteiger partial charge in [-0.05, 0) is 35.4 Å². The molecule has 2 aromatic heterocycles. The molecule has 1 saturated heterocycles. The molecule has 1 aromatic carbocycles. The van der Waals surface area contributed by atoms with E-state index < -0.39 is 0 Å². The number of benzene rings is 1. The molecule has 126 valence electrons. The minimum atomic E-state index is -0.156. The lowest BCUT2D eigenvalue weighted by Crippen LogP contribution is -2.42. The van der Waals surface area contributed by atoms with Crippen molar-refractivity contribution < 1.29 is 9.59 Å². The maximum atomic E-state index is 12.8. The van der Waals surface area contributed by atoms with Gasteiger partial charge in [-0.2, -0.15) is 4.52 Å². The largest absolute Gasteiger partial charge is 0.338 e. The molecule has 0 spiro atoms. The molecular formula is C18H17N5O2. The summed E-state index contributed by atoms with van der Waals surface area (Å²) in [7, 11) is 0. The van der Waals surface area contributed by atoms with Crippen LogP contribution in [0.25, 0.3) is 5.65 Å². The number of likely N-dealkylation sites (tertiary alicyclic amines) is 1. The Morgan fingerprint density at radius 2 is 1.88 bits per heavy atom. The maximum absolute atomic E-state index is 12.8. The molecule has 1 amide bonds. The van der Waals surface area contributed by atoms with Crippen molar-refractivity contribution in [3.05, 3.63) is 59.8 Å². The fourth-order valence-corrected chi connectivity index (χ4v) is 3.26. The molecule has 4 rings (SSSR count). The van der Waals surface area contributed by atoms with Gasteiger partial charge < -0.3 is 4.90 Å². The number of ketones is 1. The number of Topliss-reactive ketones (excluding diaryl/α,β-unsaturated/α-hetero) is 1. The van der Waals surface area contributed by atoms with E-state index in [9.17, 15) is 9.59 Å². The summed E-state index contributed by atoms with van der Waals surface area (Å²) >= 11 is 0. The van der Waals surface area contributed by atoms with Crippen LogP contribution in [0.4, 0.5) is 0 Å². The average molecular weight is 335 g/mol. The lowest BCUT2D eigenvalue weighted by Gasteiger charge is -2.32. The zero-order chi connectivity index (χ0) is 17.2. The van der Waals surface area contributed by atoms with E-state index in [1.165, 1.54) is 4.52 Å². The molecule has 0 N–H and O–H groups in total. The van der Waals surface area contributed by atoms with Gasteiger partial charge in [-0.15, -0.1) is 5.10 Å². The number of carbonyl (C=O) groups is 2. The topological polar surface area (TPSA) is 80.5 Å². The van der Waals surface area contributed by atoms with E-state index in [4.69, 9.17) is 0 Å². The molecular weight excluding hydrogens is 318 g/mol. The van der Waals surface area contributed by atoms with Gasteiger partial charge in [0.1, 0.15) is 0 Å². The Balaban J connectivity index is 1.52. The van der Waals surface area contributed by atoms with Crippen LogP contribution in [-0.4, -0.2) is 49.7 Å². The molecule has 1 fully saturated rings. The molecule has 0 aliphatic carbocycles. The van der Waals surface area contributed by atoms with Gasteiger partial charge in [0.05, 0.1) is 5.56 Å². The van der Waals surface area contributed by atoms with Gasteiger partial charge in [-0.1, -0.05) is 30.3 Å². The normalized spacial score (nSPS) is 17.6. The maximum Gasteiger partial charge on any atom is 0.255 e. The van der Waals surface area contributed by atoms with Crippen molar-refractivity contribution in [3.8, 4) is 0 Å². The van der Waals surface area contributed by atoms with Crippen LogP contribution in [0.3, 0.4) is 0 Å². The monoisotopic (exact) mass is 335 g/mol. The van der Waals surface area contributed by atoms with Crippen LogP contribution in [-0.2, 0) is 0 Å². The summed E-state index contributed by atoms with van der Waals surface area (Å²) in [5.74, 6) is -0.145. The summed E-state index contributed by atoms with van der Waals surface area (Å²) in [6, 6.07) is 12.7. The molecule has 3 aromatic rings. The van der Waals surface area contributed by atoms with Crippen LogP contribution in [0.2, 0.25) is 0 Å². The quantitative estimate of drug-likeness (QED) is 0.683. The first kappa shape index (κ1) is 15.4. The van der Waals surface area contributed by atoms with Gasteiger partial charge in [0.25, 0.3) is 5.91 Å². The Hall–Kier alpha value is -3.09. The van der Waals surface area contributed by atoms with Gasteiger partial charge in [0.15, 0.2) is 11.4 Å². The van der Waals surface area contributed by atoms with E-state index in [1.54, 1.807) is 23.2 Å². The van der Waals surface area contributed by atoms with Crippen molar-refractivity contribution in [1.29, 1.82) is 0 Å². The first-order valence-electron chi connectivity index (χ1n) is 8.28. The summed E-state index contributed by atoms with van der Waals surface area (Å²) in [4.78, 5) is 27.2. The molecule has 0 saturated carbocycles. The lowest BCUT2D eigenvalue weighted by atomic mass is 9.90. The third-order valence-electron chi connectivity index (χ3n) is 4.58. The summed E-state index contributed by atoms with van der Waals surface area (Å²) in [6.07, 6.45) is 3.26. The molecule has 7 nitrogen and oxygen atoms in total. The van der Waals surface area contributed by atoms with Crippen LogP contribution in [0.1, 0.15) is 33.6 Å². The third-order valence-corrected chi connectivity index (χ3v) is 4.58. The number of piperidine rings is 1. The first-order chi connectivity index (χ1) is 12.2. The summed E-state index contributed by atoms with van der Waals surface area (Å²) < 4.78 is 1.48. The standard InChI is InChI=1S/C18H17N5O2/c24-17(13-5-2-1-3-6-13)14-7-4-10-22(11-14)18(25)15-8-9-16-19-20-21-23(16)12-15/h1-3,5-6,8-9,12,14H,4,7,10-11H2. The number of hydrogen-bond acceptors (Lipinski definition) is 5. The van der Waals surface area contributed by atoms with Crippen molar-refractivity contribution in [1.82, 2.24) is 24.9 Å². The molecule has 1 unspecified atom stereocenters. The second-order valence-electron chi connectivity index (χ2n) is 6.22.